The van der Waals surface area contributed by atoms with Gasteiger partial charge in [-0.05, 0) is 74.9 Å². The molecule has 0 spiro atoms. The normalized spacial score (nSPS) is 18.5. The minimum atomic E-state index is -0.424. The Hall–Kier alpha value is -2.70. The topological polar surface area (TPSA) is 43.9 Å². The Morgan fingerprint density at radius 1 is 0.967 bits per heavy atom. The van der Waals surface area contributed by atoms with E-state index >= 15 is 0 Å². The molecule has 0 atom stereocenters. The number of piperidine rings is 1. The van der Waals surface area contributed by atoms with Gasteiger partial charge >= 0.3 is 0 Å². The largest absolute Gasteiger partial charge is 0.366 e. The van der Waals surface area contributed by atoms with E-state index in [9.17, 15) is 14.0 Å². The van der Waals surface area contributed by atoms with E-state index in [-0.39, 0.29) is 6.04 Å². The lowest BCUT2D eigenvalue weighted by Gasteiger charge is -2.36. The van der Waals surface area contributed by atoms with Gasteiger partial charge in [0, 0.05) is 18.1 Å². The van der Waals surface area contributed by atoms with Crippen molar-refractivity contribution in [3.8, 4) is 0 Å². The molecule has 0 bridgehead atoms. The third kappa shape index (κ3) is 3.73. The van der Waals surface area contributed by atoms with Gasteiger partial charge in [0.1, 0.15) is 11.5 Å². The number of rotatable bonds is 4. The molecule has 30 heavy (non-hydrogen) atoms. The predicted octanol–water partition coefficient (Wildman–Crippen LogP) is 3.79. The van der Waals surface area contributed by atoms with Crippen LogP contribution in [0.4, 0.5) is 10.1 Å². The van der Waals surface area contributed by atoms with Gasteiger partial charge in [-0.15, -0.1) is 0 Å². The van der Waals surface area contributed by atoms with Crippen LogP contribution in [0.5, 0.6) is 0 Å². The molecule has 0 aromatic heterocycles. The van der Waals surface area contributed by atoms with Crippen molar-refractivity contribution in [2.24, 2.45) is 0 Å². The molecular formula is C23H23ClFN3O2. The SMILES string of the molecule is CN1CCC(N(C)C2=C(c3ccc(Cl)cc3)C(=O)N(c3ccc(F)cc3)C2=O)CC1. The summed E-state index contributed by atoms with van der Waals surface area (Å²) < 4.78 is 13.4. The van der Waals surface area contributed by atoms with E-state index in [1.165, 1.54) is 24.3 Å². The number of nitrogens with zero attached hydrogens (tertiary/aromatic N) is 3. The Morgan fingerprint density at radius 3 is 2.17 bits per heavy atom. The number of hydrogen-bond donors (Lipinski definition) is 0. The summed E-state index contributed by atoms with van der Waals surface area (Å²) in [5, 5.41) is 0.553. The first kappa shape index (κ1) is 20.6. The average Bonchev–Trinajstić information content (AvgIpc) is 3.00. The molecule has 0 aliphatic carbocycles. The van der Waals surface area contributed by atoms with Crippen LogP contribution >= 0.6 is 11.6 Å². The van der Waals surface area contributed by atoms with Crippen LogP contribution in [0, 0.1) is 5.82 Å². The maximum Gasteiger partial charge on any atom is 0.282 e. The van der Waals surface area contributed by atoms with Crippen molar-refractivity contribution in [2.45, 2.75) is 18.9 Å². The number of halogens is 2. The van der Waals surface area contributed by atoms with Gasteiger partial charge in [-0.1, -0.05) is 23.7 Å². The molecule has 1 saturated heterocycles. The Bertz CT molecular complexity index is 996. The van der Waals surface area contributed by atoms with Gasteiger partial charge in [0.2, 0.25) is 0 Å². The fourth-order valence-electron chi connectivity index (χ4n) is 4.11. The zero-order chi connectivity index (χ0) is 21.4. The second-order valence-corrected chi connectivity index (χ2v) is 8.23. The molecule has 2 heterocycles. The van der Waals surface area contributed by atoms with E-state index in [0.717, 1.165) is 30.8 Å². The highest BCUT2D eigenvalue weighted by Gasteiger charge is 2.43. The second kappa shape index (κ2) is 8.20. The summed E-state index contributed by atoms with van der Waals surface area (Å²) in [6, 6.07) is 12.5. The number of amides is 2. The molecule has 1 fully saturated rings. The van der Waals surface area contributed by atoms with Gasteiger partial charge in [-0.2, -0.15) is 0 Å². The van der Waals surface area contributed by atoms with Crippen LogP contribution in [0.1, 0.15) is 18.4 Å². The second-order valence-electron chi connectivity index (χ2n) is 7.80. The zero-order valence-corrected chi connectivity index (χ0v) is 17.7. The molecule has 4 rings (SSSR count). The Kier molecular flexibility index (Phi) is 5.62. The minimum absolute atomic E-state index is 0.156. The summed E-state index contributed by atoms with van der Waals surface area (Å²) in [4.78, 5) is 32.2. The highest BCUT2D eigenvalue weighted by molar-refractivity contribution is 6.45. The summed E-state index contributed by atoms with van der Waals surface area (Å²) in [6.45, 7) is 1.87. The maximum absolute atomic E-state index is 13.5. The molecule has 2 aromatic rings. The van der Waals surface area contributed by atoms with Gasteiger partial charge in [0.25, 0.3) is 11.8 Å². The monoisotopic (exact) mass is 427 g/mol. The predicted molar refractivity (Wildman–Crippen MR) is 116 cm³/mol. The Labute approximate surface area is 180 Å². The van der Waals surface area contributed by atoms with Crippen LogP contribution in [-0.2, 0) is 9.59 Å². The van der Waals surface area contributed by atoms with Crippen molar-refractivity contribution in [1.29, 1.82) is 0 Å². The molecule has 7 heteroatoms. The van der Waals surface area contributed by atoms with Gasteiger partial charge in [0.05, 0.1) is 11.3 Å². The quantitative estimate of drug-likeness (QED) is 0.696. The highest BCUT2D eigenvalue weighted by Crippen LogP contribution is 2.36. The molecule has 0 unspecified atom stereocenters. The standard InChI is InChI=1S/C23H23ClFN3O2/c1-26-13-11-18(12-14-26)27(2)21-20(15-3-5-16(24)6-4-15)22(29)28(23(21)30)19-9-7-17(25)8-10-19/h3-10,18H,11-14H2,1-2H3. The molecule has 2 aliphatic heterocycles. The van der Waals surface area contributed by atoms with E-state index in [0.29, 0.717) is 27.5 Å². The van der Waals surface area contributed by atoms with E-state index in [4.69, 9.17) is 11.6 Å². The van der Waals surface area contributed by atoms with E-state index in [1.54, 1.807) is 24.3 Å². The molecule has 2 aliphatic rings. The molecule has 0 saturated carbocycles. The number of likely N-dealkylation sites (tertiary alicyclic amines) is 1. The molecule has 0 N–H and O–H groups in total. The summed E-state index contributed by atoms with van der Waals surface area (Å²) in [7, 11) is 3.95. The van der Waals surface area contributed by atoms with Crippen LogP contribution in [0.25, 0.3) is 5.57 Å². The molecular weight excluding hydrogens is 405 g/mol. The van der Waals surface area contributed by atoms with Crippen molar-refractivity contribution >= 4 is 34.7 Å². The lowest BCUT2D eigenvalue weighted by atomic mass is 10.0. The molecule has 0 radical (unpaired) electrons. The first-order chi connectivity index (χ1) is 14.4. The summed E-state index contributed by atoms with van der Waals surface area (Å²) in [5.74, 6) is -1.23. The van der Waals surface area contributed by atoms with Crippen molar-refractivity contribution in [3.05, 3.63) is 70.6 Å². The first-order valence-corrected chi connectivity index (χ1v) is 10.3. The number of anilines is 1. The lowest BCUT2D eigenvalue weighted by molar-refractivity contribution is -0.120. The third-order valence-electron chi connectivity index (χ3n) is 5.87. The average molecular weight is 428 g/mol. The van der Waals surface area contributed by atoms with Gasteiger partial charge < -0.3 is 9.80 Å². The van der Waals surface area contributed by atoms with Crippen molar-refractivity contribution in [2.75, 3.05) is 32.1 Å². The highest BCUT2D eigenvalue weighted by atomic mass is 35.5. The Morgan fingerprint density at radius 2 is 1.57 bits per heavy atom. The van der Waals surface area contributed by atoms with Crippen molar-refractivity contribution < 1.29 is 14.0 Å². The fraction of sp³-hybridized carbons (Fsp3) is 0.304. The van der Waals surface area contributed by atoms with Gasteiger partial charge in [0.15, 0.2) is 0 Å². The number of likely N-dealkylation sites (N-methyl/N-ethyl adjacent to an activating group) is 1. The van der Waals surface area contributed by atoms with Gasteiger partial charge in [-0.3, -0.25) is 9.59 Å². The first-order valence-electron chi connectivity index (χ1n) is 9.92. The molecule has 5 nitrogen and oxygen atoms in total. The van der Waals surface area contributed by atoms with Crippen LogP contribution < -0.4 is 4.90 Å². The third-order valence-corrected chi connectivity index (χ3v) is 6.12. The number of benzene rings is 2. The number of carbonyl (C=O) groups excluding carboxylic acids is 2. The summed E-state index contributed by atoms with van der Waals surface area (Å²) in [5.41, 5.74) is 1.71. The number of imide groups is 1. The van der Waals surface area contributed by atoms with Crippen LogP contribution in [0.2, 0.25) is 5.02 Å². The minimum Gasteiger partial charge on any atom is -0.366 e. The van der Waals surface area contributed by atoms with Crippen LogP contribution in [0.3, 0.4) is 0 Å². The van der Waals surface area contributed by atoms with Crippen LogP contribution in [0.15, 0.2) is 54.2 Å². The van der Waals surface area contributed by atoms with Crippen LogP contribution in [-0.4, -0.2) is 54.8 Å². The lowest BCUT2D eigenvalue weighted by Crippen LogP contribution is -2.43. The molecule has 2 amide bonds. The summed E-state index contributed by atoms with van der Waals surface area (Å²) >= 11 is 6.03. The Balaban J connectivity index is 1.77. The van der Waals surface area contributed by atoms with Crippen molar-refractivity contribution in [1.82, 2.24) is 9.80 Å². The summed E-state index contributed by atoms with van der Waals surface area (Å²) in [6.07, 6.45) is 1.81. The number of hydrogen-bond acceptors (Lipinski definition) is 4. The number of carbonyl (C=O) groups is 2. The fourth-order valence-corrected chi connectivity index (χ4v) is 4.24. The smallest absolute Gasteiger partial charge is 0.282 e. The zero-order valence-electron chi connectivity index (χ0n) is 16.9. The molecule has 156 valence electrons. The maximum atomic E-state index is 13.5. The molecule has 2 aromatic carbocycles. The van der Waals surface area contributed by atoms with E-state index in [1.807, 2.05) is 11.9 Å². The van der Waals surface area contributed by atoms with E-state index in [2.05, 4.69) is 11.9 Å². The van der Waals surface area contributed by atoms with Crippen molar-refractivity contribution in [3.63, 3.8) is 0 Å². The van der Waals surface area contributed by atoms with E-state index < -0.39 is 17.6 Å². The van der Waals surface area contributed by atoms with Gasteiger partial charge in [-0.25, -0.2) is 9.29 Å².